The summed E-state index contributed by atoms with van der Waals surface area (Å²) < 4.78 is 5.21. The highest BCUT2D eigenvalue weighted by Gasteiger charge is 2.27. The highest BCUT2D eigenvalue weighted by molar-refractivity contribution is 5.85. The number of nitrogens with zero attached hydrogens (tertiary/aromatic N) is 1. The SMILES string of the molecule is Cl.O=[N+]([O-])c1ccc(C2NCCc3cc(O)c(O)cc32)o1. The third-order valence-corrected chi connectivity index (χ3v) is 3.37. The minimum absolute atomic E-state index is 0. The highest BCUT2D eigenvalue weighted by Crippen LogP contribution is 2.37. The lowest BCUT2D eigenvalue weighted by atomic mass is 9.92. The molecule has 7 nitrogen and oxygen atoms in total. The largest absolute Gasteiger partial charge is 0.504 e. The maximum absolute atomic E-state index is 10.7. The van der Waals surface area contributed by atoms with Gasteiger partial charge in [-0.15, -0.1) is 12.4 Å². The van der Waals surface area contributed by atoms with E-state index in [-0.39, 0.29) is 35.8 Å². The molecule has 0 radical (unpaired) electrons. The van der Waals surface area contributed by atoms with E-state index in [1.165, 1.54) is 24.3 Å². The molecular weight excluding hydrogens is 300 g/mol. The quantitative estimate of drug-likeness (QED) is 0.446. The fraction of sp³-hybridized carbons (Fsp3) is 0.231. The second-order valence-electron chi connectivity index (χ2n) is 4.61. The predicted octanol–water partition coefficient (Wildman–Crippen LogP) is 2.26. The van der Waals surface area contributed by atoms with Crippen LogP contribution in [0.4, 0.5) is 5.88 Å². The Kier molecular flexibility index (Phi) is 4.06. The number of hydrogen-bond donors (Lipinski definition) is 3. The van der Waals surface area contributed by atoms with Gasteiger partial charge in [-0.3, -0.25) is 10.1 Å². The van der Waals surface area contributed by atoms with Gasteiger partial charge >= 0.3 is 5.88 Å². The minimum Gasteiger partial charge on any atom is -0.504 e. The Labute approximate surface area is 125 Å². The van der Waals surface area contributed by atoms with E-state index in [1.807, 2.05) is 0 Å². The van der Waals surface area contributed by atoms with Gasteiger partial charge in [0, 0.05) is 6.54 Å². The average Bonchev–Trinajstić information content (AvgIpc) is 2.89. The monoisotopic (exact) mass is 312 g/mol. The number of nitrogens with one attached hydrogen (secondary N) is 1. The number of rotatable bonds is 2. The van der Waals surface area contributed by atoms with Crippen molar-refractivity contribution < 1.29 is 19.6 Å². The molecule has 8 heteroatoms. The van der Waals surface area contributed by atoms with Crippen LogP contribution in [0.25, 0.3) is 0 Å². The molecule has 2 aromatic rings. The van der Waals surface area contributed by atoms with Gasteiger partial charge in [-0.25, -0.2) is 0 Å². The molecule has 3 rings (SSSR count). The lowest BCUT2D eigenvalue weighted by Gasteiger charge is -2.25. The number of furan rings is 1. The predicted molar refractivity (Wildman–Crippen MR) is 75.9 cm³/mol. The third kappa shape index (κ3) is 2.65. The molecule has 112 valence electrons. The summed E-state index contributed by atoms with van der Waals surface area (Å²) in [6.45, 7) is 0.649. The van der Waals surface area contributed by atoms with E-state index >= 15 is 0 Å². The Balaban J connectivity index is 0.00000161. The van der Waals surface area contributed by atoms with Gasteiger partial charge in [0.25, 0.3) is 0 Å². The number of halogens is 1. The molecule has 3 N–H and O–H groups in total. The van der Waals surface area contributed by atoms with Crippen LogP contribution in [0.5, 0.6) is 11.5 Å². The summed E-state index contributed by atoms with van der Waals surface area (Å²) >= 11 is 0. The number of phenols is 2. The van der Waals surface area contributed by atoms with E-state index in [9.17, 15) is 20.3 Å². The molecule has 1 aliphatic rings. The van der Waals surface area contributed by atoms with Crippen LogP contribution in [0.3, 0.4) is 0 Å². The zero-order valence-corrected chi connectivity index (χ0v) is 11.6. The van der Waals surface area contributed by atoms with Crippen molar-refractivity contribution in [3.05, 3.63) is 51.3 Å². The number of hydrogen-bond acceptors (Lipinski definition) is 6. The fourth-order valence-corrected chi connectivity index (χ4v) is 2.43. The zero-order valence-electron chi connectivity index (χ0n) is 10.8. The van der Waals surface area contributed by atoms with Crippen molar-refractivity contribution in [3.8, 4) is 11.5 Å². The van der Waals surface area contributed by atoms with Gasteiger partial charge in [0.15, 0.2) is 11.5 Å². The fourth-order valence-electron chi connectivity index (χ4n) is 2.43. The minimum atomic E-state index is -0.596. The Hall–Kier alpha value is -2.25. The molecule has 21 heavy (non-hydrogen) atoms. The van der Waals surface area contributed by atoms with Gasteiger partial charge in [0.1, 0.15) is 10.7 Å². The number of fused-ring (bicyclic) bond motifs is 1. The van der Waals surface area contributed by atoms with Crippen LogP contribution < -0.4 is 5.32 Å². The summed E-state index contributed by atoms with van der Waals surface area (Å²) in [4.78, 5) is 10.1. The molecule has 0 amide bonds. The number of benzene rings is 1. The summed E-state index contributed by atoms with van der Waals surface area (Å²) in [5.41, 5.74) is 1.62. The van der Waals surface area contributed by atoms with Gasteiger partial charge in [-0.2, -0.15) is 0 Å². The van der Waals surface area contributed by atoms with Crippen molar-refractivity contribution in [2.45, 2.75) is 12.5 Å². The van der Waals surface area contributed by atoms with Gasteiger partial charge in [0.05, 0.1) is 12.1 Å². The molecule has 1 aliphatic heterocycles. The molecule has 2 heterocycles. The van der Waals surface area contributed by atoms with Gasteiger partial charge in [-0.05, 0) is 35.7 Å². The maximum atomic E-state index is 10.7. The van der Waals surface area contributed by atoms with Crippen LogP contribution in [0.1, 0.15) is 22.9 Å². The van der Waals surface area contributed by atoms with E-state index < -0.39 is 4.92 Å². The van der Waals surface area contributed by atoms with E-state index in [0.29, 0.717) is 18.7 Å². The first kappa shape index (κ1) is 15.1. The molecule has 0 fully saturated rings. The third-order valence-electron chi connectivity index (χ3n) is 3.37. The molecule has 0 saturated heterocycles. The lowest BCUT2D eigenvalue weighted by Crippen LogP contribution is -2.30. The Morgan fingerprint density at radius 2 is 2.00 bits per heavy atom. The summed E-state index contributed by atoms with van der Waals surface area (Å²) in [6.07, 6.45) is 0.697. The maximum Gasteiger partial charge on any atom is 0.433 e. The van der Waals surface area contributed by atoms with Crippen molar-refractivity contribution in [1.29, 1.82) is 0 Å². The van der Waals surface area contributed by atoms with Crippen LogP contribution in [-0.4, -0.2) is 21.7 Å². The van der Waals surface area contributed by atoms with Crippen molar-refractivity contribution in [3.63, 3.8) is 0 Å². The van der Waals surface area contributed by atoms with Crippen LogP contribution in [0.15, 0.2) is 28.7 Å². The van der Waals surface area contributed by atoms with E-state index in [0.717, 1.165) is 11.1 Å². The molecule has 0 bridgehead atoms. The van der Waals surface area contributed by atoms with Crippen LogP contribution in [0, 0.1) is 10.1 Å². The number of phenolic OH excluding ortho intramolecular Hbond substituents is 2. The molecule has 1 unspecified atom stereocenters. The van der Waals surface area contributed by atoms with E-state index in [2.05, 4.69) is 5.32 Å². The van der Waals surface area contributed by atoms with Gasteiger partial charge < -0.3 is 19.9 Å². The first-order chi connectivity index (χ1) is 9.56. The zero-order chi connectivity index (χ0) is 14.3. The summed E-state index contributed by atoms with van der Waals surface area (Å²) in [7, 11) is 0. The lowest BCUT2D eigenvalue weighted by molar-refractivity contribution is -0.402. The molecule has 1 aromatic heterocycles. The topological polar surface area (TPSA) is 109 Å². The first-order valence-electron chi connectivity index (χ1n) is 6.08. The molecule has 1 atom stereocenters. The van der Waals surface area contributed by atoms with Crippen molar-refractivity contribution >= 4 is 18.3 Å². The van der Waals surface area contributed by atoms with Crippen LogP contribution in [-0.2, 0) is 6.42 Å². The molecule has 1 aromatic carbocycles. The van der Waals surface area contributed by atoms with Gasteiger partial charge in [0.2, 0.25) is 0 Å². The number of aromatic hydroxyl groups is 2. The Bertz CT molecular complexity index is 685. The summed E-state index contributed by atoms with van der Waals surface area (Å²) in [5.74, 6) is -0.312. The number of nitro groups is 1. The van der Waals surface area contributed by atoms with Crippen molar-refractivity contribution in [2.24, 2.45) is 0 Å². The van der Waals surface area contributed by atoms with Crippen molar-refractivity contribution in [2.75, 3.05) is 6.54 Å². The average molecular weight is 313 g/mol. The molecule has 0 aliphatic carbocycles. The Morgan fingerprint density at radius 3 is 2.67 bits per heavy atom. The van der Waals surface area contributed by atoms with Crippen LogP contribution >= 0.6 is 12.4 Å². The van der Waals surface area contributed by atoms with Crippen molar-refractivity contribution in [1.82, 2.24) is 5.32 Å². The Morgan fingerprint density at radius 1 is 1.29 bits per heavy atom. The summed E-state index contributed by atoms with van der Waals surface area (Å²) in [5, 5.41) is 33.0. The smallest absolute Gasteiger partial charge is 0.433 e. The van der Waals surface area contributed by atoms with E-state index in [4.69, 9.17) is 4.42 Å². The highest BCUT2D eigenvalue weighted by atomic mass is 35.5. The molecular formula is C13H13ClN2O5. The van der Waals surface area contributed by atoms with E-state index in [1.54, 1.807) is 0 Å². The first-order valence-corrected chi connectivity index (χ1v) is 6.08. The second-order valence-corrected chi connectivity index (χ2v) is 4.61. The normalized spacial score (nSPS) is 16.9. The molecule has 0 spiro atoms. The van der Waals surface area contributed by atoms with Crippen LogP contribution in [0.2, 0.25) is 0 Å². The van der Waals surface area contributed by atoms with Gasteiger partial charge in [-0.1, -0.05) is 0 Å². The molecule has 0 saturated carbocycles. The summed E-state index contributed by atoms with van der Waals surface area (Å²) in [6, 6.07) is 5.42. The standard InChI is InChI=1S/C13H12N2O5.ClH/c16-9-5-7-3-4-14-13(8(7)6-10(9)17)11-1-2-12(20-11)15(18)19;/h1-2,5-6,13-14,16-17H,3-4H2;1H. The second kappa shape index (κ2) is 5.63.